The third-order valence-corrected chi connectivity index (χ3v) is 6.93. The molecule has 1 N–H and O–H groups in total. The number of halogens is 5. The summed E-state index contributed by atoms with van der Waals surface area (Å²) in [6.45, 7) is 0.0543. The van der Waals surface area contributed by atoms with Crippen LogP contribution in [0.2, 0.25) is 0 Å². The molecular weight excluding hydrogens is 535 g/mol. The lowest BCUT2D eigenvalue weighted by molar-refractivity contribution is -0.166. The first-order chi connectivity index (χ1) is 19.0. The van der Waals surface area contributed by atoms with Crippen LogP contribution in [0, 0.1) is 12.3 Å². The van der Waals surface area contributed by atoms with E-state index in [-0.39, 0.29) is 52.3 Å². The van der Waals surface area contributed by atoms with Crippen LogP contribution in [0.25, 0.3) is 11.2 Å². The van der Waals surface area contributed by atoms with Crippen molar-refractivity contribution in [2.24, 2.45) is 10.2 Å². The van der Waals surface area contributed by atoms with E-state index < -0.39 is 29.7 Å². The van der Waals surface area contributed by atoms with Crippen molar-refractivity contribution < 1.29 is 27.1 Å². The first kappa shape index (κ1) is 25.8. The van der Waals surface area contributed by atoms with E-state index in [1.165, 1.54) is 42.5 Å². The highest BCUT2D eigenvalue weighted by Gasteiger charge is 2.66. The molecule has 2 aromatic heterocycles. The molecule has 0 spiro atoms. The van der Waals surface area contributed by atoms with Crippen LogP contribution in [0.3, 0.4) is 0 Å². The van der Waals surface area contributed by atoms with Gasteiger partial charge in [0.1, 0.15) is 0 Å². The number of β-amino-alcohol motifs (C(OH)–C–C–N with tert-alkyl or cyclic N) is 1. The molecule has 1 atom stereocenters. The van der Waals surface area contributed by atoms with E-state index >= 15 is 8.78 Å². The Morgan fingerprint density at radius 2 is 1.77 bits per heavy atom. The molecule has 40 heavy (non-hydrogen) atoms. The van der Waals surface area contributed by atoms with Gasteiger partial charge in [0.25, 0.3) is 0 Å². The summed E-state index contributed by atoms with van der Waals surface area (Å²) in [6, 6.07) is 11.0. The van der Waals surface area contributed by atoms with Crippen LogP contribution < -0.4 is 4.90 Å². The highest BCUT2D eigenvalue weighted by molar-refractivity contribution is 5.83. The quantitative estimate of drug-likeness (QED) is 0.284. The Labute approximate surface area is 223 Å². The Bertz CT molecular complexity index is 1670. The van der Waals surface area contributed by atoms with Gasteiger partial charge < -0.3 is 10.0 Å². The zero-order valence-electron chi connectivity index (χ0n) is 20.5. The largest absolute Gasteiger partial charge is 0.442 e. The maximum absolute atomic E-state index is 15.7. The Kier molecular flexibility index (Phi) is 5.81. The monoisotopic (exact) mass is 554 g/mol. The van der Waals surface area contributed by atoms with E-state index in [9.17, 15) is 18.3 Å². The van der Waals surface area contributed by atoms with E-state index in [2.05, 4.69) is 36.4 Å². The molecule has 9 nitrogen and oxygen atoms in total. The van der Waals surface area contributed by atoms with Crippen molar-refractivity contribution in [3.63, 3.8) is 0 Å². The average molecular weight is 554 g/mol. The number of benzene rings is 2. The van der Waals surface area contributed by atoms with Gasteiger partial charge in [0.15, 0.2) is 17.0 Å². The third kappa shape index (κ3) is 4.04. The van der Waals surface area contributed by atoms with Gasteiger partial charge in [0, 0.05) is 29.8 Å². The molecule has 0 aliphatic carbocycles. The average Bonchev–Trinajstić information content (AvgIpc) is 3.51. The fraction of sp³-hybridized carbons (Fsp3) is 0.308. The number of nitrogens with zero attached hydrogens (tertiary/aromatic N) is 8. The number of fused-ring (bicyclic) bond motifs is 1. The van der Waals surface area contributed by atoms with E-state index in [1.807, 2.05) is 0 Å². The van der Waals surface area contributed by atoms with Crippen molar-refractivity contribution in [3.05, 3.63) is 76.6 Å². The summed E-state index contributed by atoms with van der Waals surface area (Å²) in [7, 11) is 0. The Morgan fingerprint density at radius 1 is 1.02 bits per heavy atom. The Hall–Kier alpha value is -4.51. The van der Waals surface area contributed by atoms with Crippen LogP contribution in [0.5, 0.6) is 0 Å². The second-order valence-electron chi connectivity index (χ2n) is 9.47. The number of anilines is 1. The van der Waals surface area contributed by atoms with Gasteiger partial charge in [-0.25, -0.2) is 14.6 Å². The van der Waals surface area contributed by atoms with Gasteiger partial charge in [0.05, 0.1) is 12.6 Å². The smallest absolute Gasteiger partial charge is 0.391 e. The van der Waals surface area contributed by atoms with Gasteiger partial charge in [-0.1, -0.05) is 53.6 Å². The minimum absolute atomic E-state index is 0.0206. The molecular formula is C26H19F5N8O. The maximum atomic E-state index is 15.7. The summed E-state index contributed by atoms with van der Waals surface area (Å²) in [5.41, 5.74) is -3.38. The molecule has 0 bridgehead atoms. The first-order valence-electron chi connectivity index (χ1n) is 12.1. The number of aliphatic hydroxyl groups is 1. The molecule has 4 aromatic rings. The molecule has 2 aliphatic heterocycles. The third-order valence-electron chi connectivity index (χ3n) is 6.93. The number of hydrogen-bond donors (Lipinski definition) is 1. The van der Waals surface area contributed by atoms with E-state index in [0.29, 0.717) is 13.0 Å². The normalized spacial score (nSPS) is 18.3. The second-order valence-corrected chi connectivity index (χ2v) is 9.47. The summed E-state index contributed by atoms with van der Waals surface area (Å²) >= 11 is 0. The van der Waals surface area contributed by atoms with Gasteiger partial charge >= 0.3 is 17.8 Å². The van der Waals surface area contributed by atoms with Crippen molar-refractivity contribution >= 4 is 17.0 Å². The number of terminal acetylenes is 1. The molecule has 204 valence electrons. The van der Waals surface area contributed by atoms with Crippen molar-refractivity contribution in [1.82, 2.24) is 25.0 Å². The Balaban J connectivity index is 1.52. The standard InChI is InChI=1S/C26H19F5N8O/c1-2-15-7-6-10-19(25(35-36-25)26(29,30)31)18(15)14-39-22-20(34-37-39)21(38-12-11-17(40)13-38)32-23(33-22)24(27,28)16-8-4-3-5-9-16/h1,3-10,17,40H,11-14H2/t17-/m0/s1. The van der Waals surface area contributed by atoms with Gasteiger partial charge in [-0.15, -0.1) is 21.8 Å². The predicted octanol–water partition coefficient (Wildman–Crippen LogP) is 4.14. The molecule has 0 amide bonds. The first-order valence-corrected chi connectivity index (χ1v) is 12.1. The summed E-state index contributed by atoms with van der Waals surface area (Å²) in [6.07, 6.45) is 0.467. The number of rotatable bonds is 6. The fourth-order valence-corrected chi connectivity index (χ4v) is 4.81. The zero-order chi connectivity index (χ0) is 28.3. The molecule has 14 heteroatoms. The Morgan fingerprint density at radius 3 is 2.40 bits per heavy atom. The molecule has 4 heterocycles. The van der Waals surface area contributed by atoms with E-state index in [1.54, 1.807) is 11.0 Å². The minimum Gasteiger partial charge on any atom is -0.391 e. The van der Waals surface area contributed by atoms with Crippen molar-refractivity contribution in [2.75, 3.05) is 18.0 Å². The minimum atomic E-state index is -4.82. The summed E-state index contributed by atoms with van der Waals surface area (Å²) in [4.78, 5) is 9.85. The summed E-state index contributed by atoms with van der Waals surface area (Å²) < 4.78 is 74.3. The second kappa shape index (κ2) is 9.02. The molecule has 0 saturated carbocycles. The van der Waals surface area contributed by atoms with Crippen LogP contribution in [-0.4, -0.2) is 55.4 Å². The van der Waals surface area contributed by atoms with Crippen LogP contribution >= 0.6 is 0 Å². The topological polar surface area (TPSA) is 105 Å². The highest BCUT2D eigenvalue weighted by atomic mass is 19.4. The highest BCUT2D eigenvalue weighted by Crippen LogP contribution is 2.53. The number of aliphatic hydroxyl groups excluding tert-OH is 1. The van der Waals surface area contributed by atoms with Gasteiger partial charge in [-0.05, 0) is 18.1 Å². The summed E-state index contributed by atoms with van der Waals surface area (Å²) in [5, 5.41) is 24.8. The van der Waals surface area contributed by atoms with E-state index in [4.69, 9.17) is 6.42 Å². The van der Waals surface area contributed by atoms with Gasteiger partial charge in [-0.3, -0.25) is 0 Å². The molecule has 2 aromatic carbocycles. The van der Waals surface area contributed by atoms with Gasteiger partial charge in [-0.2, -0.15) is 22.0 Å². The number of hydrogen-bond acceptors (Lipinski definition) is 8. The SMILES string of the molecule is C#Cc1cccc(C2(C(F)(F)F)N=N2)c1Cn1nnc2c(N3CC[C@H](O)C3)nc(C(F)(F)c3ccccc3)nc21. The maximum Gasteiger partial charge on any atom is 0.442 e. The zero-order valence-corrected chi connectivity index (χ0v) is 20.5. The lowest BCUT2D eigenvalue weighted by Gasteiger charge is -2.21. The predicted molar refractivity (Wildman–Crippen MR) is 131 cm³/mol. The molecule has 1 saturated heterocycles. The number of aromatic nitrogens is 5. The molecule has 1 fully saturated rings. The molecule has 0 radical (unpaired) electrons. The molecule has 6 rings (SSSR count). The van der Waals surface area contributed by atoms with Crippen molar-refractivity contribution in [2.45, 2.75) is 36.8 Å². The molecule has 2 aliphatic rings. The van der Waals surface area contributed by atoms with Crippen molar-refractivity contribution in [3.8, 4) is 12.3 Å². The van der Waals surface area contributed by atoms with E-state index in [0.717, 1.165) is 4.68 Å². The molecule has 0 unspecified atom stereocenters. The summed E-state index contributed by atoms with van der Waals surface area (Å²) in [5.74, 6) is -2.09. The lowest BCUT2D eigenvalue weighted by Crippen LogP contribution is -2.32. The van der Waals surface area contributed by atoms with Crippen LogP contribution in [0.15, 0.2) is 58.8 Å². The van der Waals surface area contributed by atoms with Crippen LogP contribution in [-0.2, 0) is 18.1 Å². The fourth-order valence-electron chi connectivity index (χ4n) is 4.81. The number of alkyl halides is 5. The lowest BCUT2D eigenvalue weighted by atomic mass is 9.93. The van der Waals surface area contributed by atoms with Crippen LogP contribution in [0.4, 0.5) is 27.8 Å². The van der Waals surface area contributed by atoms with Gasteiger partial charge in [0.2, 0.25) is 5.82 Å². The van der Waals surface area contributed by atoms with Crippen molar-refractivity contribution in [1.29, 1.82) is 0 Å². The van der Waals surface area contributed by atoms with Crippen LogP contribution in [0.1, 0.15) is 34.5 Å².